The molecule has 0 radical (unpaired) electrons. The number of hydrogen-bond acceptors (Lipinski definition) is 2. The first-order chi connectivity index (χ1) is 7.84. The second-order valence-corrected chi connectivity index (χ2v) is 4.70. The topological polar surface area (TPSA) is 71.3 Å². The number of carboxylic acid groups (broad SMARTS) is 1. The molecule has 0 unspecified atom stereocenters. The van der Waals surface area contributed by atoms with Gasteiger partial charge in [0, 0.05) is 19.8 Å². The third-order valence-corrected chi connectivity index (χ3v) is 2.79. The molecule has 0 atom stereocenters. The Kier molecular flexibility index (Phi) is 3.93. The zero-order valence-electron chi connectivity index (χ0n) is 10.4. The van der Waals surface area contributed by atoms with Crippen molar-refractivity contribution in [3.05, 3.63) is 24.0 Å². The minimum absolute atomic E-state index is 0.182. The summed E-state index contributed by atoms with van der Waals surface area (Å²) in [6.45, 7) is 3.64. The summed E-state index contributed by atoms with van der Waals surface area (Å²) in [6.07, 6.45) is 2.19. The van der Waals surface area contributed by atoms with Gasteiger partial charge in [-0.15, -0.1) is 0 Å². The average Bonchev–Trinajstić information content (AvgIpc) is 2.63. The molecule has 2 N–H and O–H groups in total. The van der Waals surface area contributed by atoms with Crippen LogP contribution in [0.15, 0.2) is 18.3 Å². The SMILES string of the molecule is Cn1cccc1C(=O)NCCC(C)(C)C(=O)O. The number of carbonyl (C=O) groups excluding carboxylic acids is 1. The summed E-state index contributed by atoms with van der Waals surface area (Å²) in [4.78, 5) is 22.6. The van der Waals surface area contributed by atoms with Gasteiger partial charge in [0.05, 0.1) is 5.41 Å². The Hall–Kier alpha value is -1.78. The van der Waals surface area contributed by atoms with Gasteiger partial charge in [-0.3, -0.25) is 9.59 Å². The third-order valence-electron chi connectivity index (χ3n) is 2.79. The molecule has 0 aromatic carbocycles. The Labute approximate surface area is 100 Å². The smallest absolute Gasteiger partial charge is 0.309 e. The first kappa shape index (κ1) is 13.3. The van der Waals surface area contributed by atoms with Crippen LogP contribution >= 0.6 is 0 Å². The van der Waals surface area contributed by atoms with Gasteiger partial charge < -0.3 is 15.0 Å². The van der Waals surface area contributed by atoms with Gasteiger partial charge in [0.25, 0.3) is 5.91 Å². The summed E-state index contributed by atoms with van der Waals surface area (Å²) in [5.74, 6) is -1.04. The van der Waals surface area contributed by atoms with Crippen LogP contribution in [0.1, 0.15) is 30.8 Å². The van der Waals surface area contributed by atoms with Crippen LogP contribution in [0.2, 0.25) is 0 Å². The number of nitrogens with zero attached hydrogens (tertiary/aromatic N) is 1. The number of rotatable bonds is 5. The van der Waals surface area contributed by atoms with E-state index in [1.807, 2.05) is 0 Å². The fourth-order valence-corrected chi connectivity index (χ4v) is 1.38. The maximum Gasteiger partial charge on any atom is 0.309 e. The number of nitrogens with one attached hydrogen (secondary N) is 1. The van der Waals surface area contributed by atoms with Gasteiger partial charge in [0.15, 0.2) is 0 Å². The van der Waals surface area contributed by atoms with Gasteiger partial charge in [-0.2, -0.15) is 0 Å². The highest BCUT2D eigenvalue weighted by molar-refractivity contribution is 5.92. The second kappa shape index (κ2) is 5.03. The van der Waals surface area contributed by atoms with Crippen LogP contribution in [-0.2, 0) is 11.8 Å². The molecule has 1 amide bonds. The molecule has 0 aliphatic heterocycles. The standard InChI is InChI=1S/C12H18N2O3/c1-12(2,11(16)17)6-7-13-10(15)9-5-4-8-14(9)3/h4-5,8H,6-7H2,1-3H3,(H,13,15)(H,16,17). The molecule has 1 heterocycles. The van der Waals surface area contributed by atoms with E-state index in [2.05, 4.69) is 5.32 Å². The van der Waals surface area contributed by atoms with E-state index in [1.54, 1.807) is 43.8 Å². The van der Waals surface area contributed by atoms with Crippen LogP contribution < -0.4 is 5.32 Å². The minimum atomic E-state index is -0.856. The highest BCUT2D eigenvalue weighted by Gasteiger charge is 2.26. The summed E-state index contributed by atoms with van der Waals surface area (Å²) in [7, 11) is 1.79. The van der Waals surface area contributed by atoms with Crippen molar-refractivity contribution in [1.82, 2.24) is 9.88 Å². The third kappa shape index (κ3) is 3.34. The maximum absolute atomic E-state index is 11.7. The number of carboxylic acids is 1. The summed E-state index contributed by atoms with van der Waals surface area (Å²) in [6, 6.07) is 3.51. The first-order valence-corrected chi connectivity index (χ1v) is 5.47. The molecule has 17 heavy (non-hydrogen) atoms. The van der Waals surface area contributed by atoms with Crippen LogP contribution in [0.25, 0.3) is 0 Å². The van der Waals surface area contributed by atoms with Crippen LogP contribution in [0, 0.1) is 5.41 Å². The quantitative estimate of drug-likeness (QED) is 0.811. The predicted molar refractivity (Wildman–Crippen MR) is 63.8 cm³/mol. The molecule has 1 aromatic rings. The van der Waals surface area contributed by atoms with Crippen molar-refractivity contribution in [3.63, 3.8) is 0 Å². The molecule has 1 rings (SSSR count). The van der Waals surface area contributed by atoms with Crippen molar-refractivity contribution in [2.75, 3.05) is 6.54 Å². The van der Waals surface area contributed by atoms with Crippen molar-refractivity contribution in [2.45, 2.75) is 20.3 Å². The Morgan fingerprint density at radius 2 is 2.12 bits per heavy atom. The highest BCUT2D eigenvalue weighted by Crippen LogP contribution is 2.19. The van der Waals surface area contributed by atoms with Crippen molar-refractivity contribution in [2.24, 2.45) is 12.5 Å². The number of carbonyl (C=O) groups is 2. The fourth-order valence-electron chi connectivity index (χ4n) is 1.38. The van der Waals surface area contributed by atoms with E-state index in [1.165, 1.54) is 0 Å². The average molecular weight is 238 g/mol. The van der Waals surface area contributed by atoms with E-state index in [-0.39, 0.29) is 5.91 Å². The molecular formula is C12H18N2O3. The molecule has 0 aliphatic rings. The van der Waals surface area contributed by atoms with Gasteiger partial charge in [0.2, 0.25) is 0 Å². The zero-order valence-corrected chi connectivity index (χ0v) is 10.4. The lowest BCUT2D eigenvalue weighted by Gasteiger charge is -2.18. The first-order valence-electron chi connectivity index (χ1n) is 5.47. The Morgan fingerprint density at radius 3 is 2.59 bits per heavy atom. The van der Waals surface area contributed by atoms with Crippen LogP contribution in [0.3, 0.4) is 0 Å². The summed E-state index contributed by atoms with van der Waals surface area (Å²) in [5, 5.41) is 11.6. The van der Waals surface area contributed by atoms with Gasteiger partial charge in [-0.1, -0.05) is 0 Å². The summed E-state index contributed by atoms with van der Waals surface area (Å²) >= 11 is 0. The summed E-state index contributed by atoms with van der Waals surface area (Å²) < 4.78 is 1.72. The lowest BCUT2D eigenvalue weighted by atomic mass is 9.90. The Balaban J connectivity index is 2.46. The Bertz CT molecular complexity index is 421. The van der Waals surface area contributed by atoms with Gasteiger partial charge in [-0.25, -0.2) is 0 Å². The van der Waals surface area contributed by atoms with Crippen LogP contribution in [0.5, 0.6) is 0 Å². The molecule has 0 bridgehead atoms. The van der Waals surface area contributed by atoms with E-state index < -0.39 is 11.4 Å². The fraction of sp³-hybridized carbons (Fsp3) is 0.500. The van der Waals surface area contributed by atoms with Crippen molar-refractivity contribution < 1.29 is 14.7 Å². The number of aryl methyl sites for hydroxylation is 1. The van der Waals surface area contributed by atoms with E-state index >= 15 is 0 Å². The molecule has 0 saturated carbocycles. The number of aromatic nitrogens is 1. The monoisotopic (exact) mass is 238 g/mol. The molecule has 0 aliphatic carbocycles. The number of amides is 1. The summed E-state index contributed by atoms with van der Waals surface area (Å²) in [5.41, 5.74) is -0.250. The molecule has 0 spiro atoms. The highest BCUT2D eigenvalue weighted by atomic mass is 16.4. The van der Waals surface area contributed by atoms with E-state index in [4.69, 9.17) is 5.11 Å². The minimum Gasteiger partial charge on any atom is -0.481 e. The maximum atomic E-state index is 11.7. The van der Waals surface area contributed by atoms with E-state index in [0.29, 0.717) is 18.7 Å². The molecule has 5 heteroatoms. The van der Waals surface area contributed by atoms with Gasteiger partial charge in [0.1, 0.15) is 5.69 Å². The zero-order chi connectivity index (χ0) is 13.1. The lowest BCUT2D eigenvalue weighted by molar-refractivity contribution is -0.147. The predicted octanol–water partition coefficient (Wildman–Crippen LogP) is 1.26. The largest absolute Gasteiger partial charge is 0.481 e. The van der Waals surface area contributed by atoms with Crippen molar-refractivity contribution >= 4 is 11.9 Å². The Morgan fingerprint density at radius 1 is 1.47 bits per heavy atom. The molecule has 94 valence electrons. The molecule has 0 fully saturated rings. The van der Waals surface area contributed by atoms with Crippen molar-refractivity contribution in [1.29, 1.82) is 0 Å². The van der Waals surface area contributed by atoms with Gasteiger partial charge >= 0.3 is 5.97 Å². The van der Waals surface area contributed by atoms with Crippen LogP contribution in [0.4, 0.5) is 0 Å². The molecule has 5 nitrogen and oxygen atoms in total. The lowest BCUT2D eigenvalue weighted by Crippen LogP contribution is -2.32. The van der Waals surface area contributed by atoms with E-state index in [0.717, 1.165) is 0 Å². The molecule has 0 saturated heterocycles. The number of aliphatic carboxylic acids is 1. The van der Waals surface area contributed by atoms with Crippen molar-refractivity contribution in [3.8, 4) is 0 Å². The normalized spacial score (nSPS) is 11.2. The molecule has 1 aromatic heterocycles. The van der Waals surface area contributed by atoms with Crippen LogP contribution in [-0.4, -0.2) is 28.1 Å². The van der Waals surface area contributed by atoms with Gasteiger partial charge in [-0.05, 0) is 32.4 Å². The number of hydrogen-bond donors (Lipinski definition) is 2. The molecular weight excluding hydrogens is 220 g/mol. The second-order valence-electron chi connectivity index (χ2n) is 4.70. The van der Waals surface area contributed by atoms with E-state index in [9.17, 15) is 9.59 Å².